The smallest absolute Gasteiger partial charge is 0.357 e. The molecule has 98 valence electrons. The largest absolute Gasteiger partial charge is 0.464 e. The molecule has 19 heavy (non-hydrogen) atoms. The van der Waals surface area contributed by atoms with E-state index in [1.165, 1.54) is 25.5 Å². The topological polar surface area (TPSA) is 39.2 Å². The molecule has 3 rings (SSSR count). The zero-order valence-corrected chi connectivity index (χ0v) is 11.8. The van der Waals surface area contributed by atoms with E-state index in [0.717, 1.165) is 15.4 Å². The first-order valence-corrected chi connectivity index (χ1v) is 7.17. The van der Waals surface area contributed by atoms with Crippen LogP contribution in [0.4, 0.5) is 0 Å². The number of aryl methyl sites for hydroxylation is 1. The fraction of sp³-hybridized carbons (Fsp3) is 0.333. The van der Waals surface area contributed by atoms with Crippen LogP contribution in [0.25, 0.3) is 10.6 Å². The Labute approximate surface area is 116 Å². The molecule has 0 spiro atoms. The fourth-order valence-corrected chi connectivity index (χ4v) is 3.19. The number of carbonyl (C=O) groups excluding carboxylic acids is 1. The van der Waals surface area contributed by atoms with Gasteiger partial charge in [-0.25, -0.2) is 9.78 Å². The van der Waals surface area contributed by atoms with Crippen LogP contribution >= 0.6 is 11.3 Å². The molecule has 0 amide bonds. The third-order valence-corrected chi connectivity index (χ3v) is 4.39. The lowest BCUT2D eigenvalue weighted by Crippen LogP contribution is -2.03. The van der Waals surface area contributed by atoms with Crippen molar-refractivity contribution >= 4 is 17.3 Å². The summed E-state index contributed by atoms with van der Waals surface area (Å²) in [6.07, 6.45) is 2.51. The first kappa shape index (κ1) is 12.4. The number of hydrogen-bond acceptors (Lipinski definition) is 4. The summed E-state index contributed by atoms with van der Waals surface area (Å²) in [4.78, 5) is 17.0. The number of methoxy groups -OCH3 is 1. The minimum atomic E-state index is -0.357. The summed E-state index contributed by atoms with van der Waals surface area (Å²) in [5.74, 6) is 0.311. The molecule has 1 aromatic heterocycles. The van der Waals surface area contributed by atoms with Crippen molar-refractivity contribution in [2.24, 2.45) is 0 Å². The van der Waals surface area contributed by atoms with Crippen molar-refractivity contribution in [1.82, 2.24) is 4.98 Å². The van der Waals surface area contributed by atoms with Crippen molar-refractivity contribution in [3.05, 3.63) is 40.4 Å². The quantitative estimate of drug-likeness (QED) is 0.799. The maximum atomic E-state index is 11.6. The molecule has 0 aliphatic heterocycles. The van der Waals surface area contributed by atoms with Crippen molar-refractivity contribution < 1.29 is 9.53 Å². The van der Waals surface area contributed by atoms with Crippen LogP contribution in [0.1, 0.15) is 39.7 Å². The molecule has 1 saturated carbocycles. The average Bonchev–Trinajstić information content (AvgIpc) is 3.21. The molecule has 1 aromatic carbocycles. The predicted octanol–water partition coefficient (Wildman–Crippen LogP) is 3.78. The van der Waals surface area contributed by atoms with E-state index in [0.29, 0.717) is 11.6 Å². The molecule has 3 nitrogen and oxygen atoms in total. The van der Waals surface area contributed by atoms with E-state index in [2.05, 4.69) is 23.2 Å². The van der Waals surface area contributed by atoms with Gasteiger partial charge >= 0.3 is 5.97 Å². The maximum Gasteiger partial charge on any atom is 0.357 e. The Balaban J connectivity index is 2.05. The molecule has 4 heteroatoms. The summed E-state index contributed by atoms with van der Waals surface area (Å²) in [7, 11) is 1.39. The van der Waals surface area contributed by atoms with Crippen molar-refractivity contribution in [2.45, 2.75) is 25.7 Å². The van der Waals surface area contributed by atoms with Gasteiger partial charge in [-0.2, -0.15) is 0 Å². The van der Waals surface area contributed by atoms with E-state index < -0.39 is 0 Å². The van der Waals surface area contributed by atoms with E-state index >= 15 is 0 Å². The van der Waals surface area contributed by atoms with Crippen LogP contribution in [0.2, 0.25) is 0 Å². The molecule has 0 unspecified atom stereocenters. The first-order chi connectivity index (χ1) is 9.20. The summed E-state index contributed by atoms with van der Waals surface area (Å²) in [5, 5.41) is 0.917. The Hall–Kier alpha value is -1.68. The molecule has 0 radical (unpaired) electrons. The predicted molar refractivity (Wildman–Crippen MR) is 75.6 cm³/mol. The molecule has 0 N–H and O–H groups in total. The van der Waals surface area contributed by atoms with Crippen molar-refractivity contribution in [2.75, 3.05) is 7.11 Å². The number of nitrogens with zero attached hydrogens (tertiary/aromatic N) is 1. The standard InChI is InChI=1S/C15H15NO2S/c1-9-13(15(17)18-2)16-14(19-9)12-6-4-3-5-11(12)10-7-8-10/h3-6,10H,7-8H2,1-2H3. The van der Waals surface area contributed by atoms with Gasteiger partial charge in [0.15, 0.2) is 5.69 Å². The van der Waals surface area contributed by atoms with Crippen LogP contribution in [-0.4, -0.2) is 18.1 Å². The molecule has 0 saturated heterocycles. The van der Waals surface area contributed by atoms with Gasteiger partial charge in [0.25, 0.3) is 0 Å². The van der Waals surface area contributed by atoms with Gasteiger partial charge in [-0.3, -0.25) is 0 Å². The molecular weight excluding hydrogens is 258 g/mol. The number of hydrogen-bond donors (Lipinski definition) is 0. The number of benzene rings is 1. The zero-order chi connectivity index (χ0) is 13.4. The molecule has 1 fully saturated rings. The monoisotopic (exact) mass is 273 g/mol. The average molecular weight is 273 g/mol. The van der Waals surface area contributed by atoms with Crippen LogP contribution in [0.5, 0.6) is 0 Å². The van der Waals surface area contributed by atoms with Crippen molar-refractivity contribution in [3.8, 4) is 10.6 Å². The van der Waals surface area contributed by atoms with Crippen LogP contribution in [0, 0.1) is 6.92 Å². The highest BCUT2D eigenvalue weighted by atomic mass is 32.1. The van der Waals surface area contributed by atoms with Crippen molar-refractivity contribution in [1.29, 1.82) is 0 Å². The molecule has 2 aromatic rings. The molecule has 1 aliphatic carbocycles. The molecule has 1 aliphatic rings. The Morgan fingerprint density at radius 1 is 1.37 bits per heavy atom. The van der Waals surface area contributed by atoms with Crippen LogP contribution in [0.3, 0.4) is 0 Å². The van der Waals surface area contributed by atoms with Gasteiger partial charge in [0.05, 0.1) is 7.11 Å². The maximum absolute atomic E-state index is 11.6. The lowest BCUT2D eigenvalue weighted by atomic mass is 10.0. The molecule has 1 heterocycles. The number of ether oxygens (including phenoxy) is 1. The third kappa shape index (κ3) is 2.28. The van der Waals surface area contributed by atoms with Crippen LogP contribution in [0.15, 0.2) is 24.3 Å². The van der Waals surface area contributed by atoms with Gasteiger partial charge in [-0.1, -0.05) is 24.3 Å². The van der Waals surface area contributed by atoms with Crippen LogP contribution < -0.4 is 0 Å². The Morgan fingerprint density at radius 2 is 2.11 bits per heavy atom. The normalized spacial score (nSPS) is 14.4. The number of aromatic nitrogens is 1. The summed E-state index contributed by atoms with van der Waals surface area (Å²) < 4.78 is 4.76. The highest BCUT2D eigenvalue weighted by Crippen LogP contribution is 2.45. The number of rotatable bonds is 3. The van der Waals surface area contributed by atoms with E-state index in [-0.39, 0.29) is 5.97 Å². The second-order valence-electron chi connectivity index (χ2n) is 4.78. The van der Waals surface area contributed by atoms with Gasteiger partial charge in [0, 0.05) is 10.4 Å². The molecular formula is C15H15NO2S. The molecule has 0 atom stereocenters. The number of thiazole rings is 1. The summed E-state index contributed by atoms with van der Waals surface area (Å²) in [6, 6.07) is 8.35. The minimum Gasteiger partial charge on any atom is -0.464 e. The van der Waals surface area contributed by atoms with Gasteiger partial charge < -0.3 is 4.74 Å². The Kier molecular flexibility index (Phi) is 3.11. The van der Waals surface area contributed by atoms with Crippen LogP contribution in [-0.2, 0) is 4.74 Å². The summed E-state index contributed by atoms with van der Waals surface area (Å²) in [6.45, 7) is 1.91. The highest BCUT2D eigenvalue weighted by Gasteiger charge is 2.27. The highest BCUT2D eigenvalue weighted by molar-refractivity contribution is 7.15. The molecule has 0 bridgehead atoms. The second-order valence-corrected chi connectivity index (χ2v) is 5.98. The second kappa shape index (κ2) is 4.78. The third-order valence-electron chi connectivity index (χ3n) is 3.38. The van der Waals surface area contributed by atoms with E-state index in [9.17, 15) is 4.79 Å². The summed E-state index contributed by atoms with van der Waals surface area (Å²) >= 11 is 1.56. The van der Waals surface area contributed by atoms with E-state index in [4.69, 9.17) is 4.74 Å². The number of esters is 1. The zero-order valence-electron chi connectivity index (χ0n) is 11.0. The fourth-order valence-electron chi connectivity index (χ4n) is 2.24. The number of carbonyl (C=O) groups is 1. The lowest BCUT2D eigenvalue weighted by Gasteiger charge is -2.04. The van der Waals surface area contributed by atoms with Gasteiger partial charge in [-0.05, 0) is 31.2 Å². The van der Waals surface area contributed by atoms with Crippen molar-refractivity contribution in [3.63, 3.8) is 0 Å². The minimum absolute atomic E-state index is 0.357. The summed E-state index contributed by atoms with van der Waals surface area (Å²) in [5.41, 5.74) is 2.95. The lowest BCUT2D eigenvalue weighted by molar-refractivity contribution is 0.0594. The van der Waals surface area contributed by atoms with Gasteiger partial charge in [0.2, 0.25) is 0 Å². The Bertz CT molecular complexity index is 629. The van der Waals surface area contributed by atoms with Gasteiger partial charge in [0.1, 0.15) is 5.01 Å². The first-order valence-electron chi connectivity index (χ1n) is 6.35. The SMILES string of the molecule is COC(=O)c1nc(-c2ccccc2C2CC2)sc1C. The van der Waals surface area contributed by atoms with E-state index in [1.807, 2.05) is 13.0 Å². The van der Waals surface area contributed by atoms with Gasteiger partial charge in [-0.15, -0.1) is 11.3 Å². The van der Waals surface area contributed by atoms with E-state index in [1.54, 1.807) is 11.3 Å². The Morgan fingerprint density at radius 3 is 2.79 bits per heavy atom.